The largest absolute Gasteiger partial charge is 0.387 e. The average Bonchev–Trinajstić information content (AvgIpc) is 2.45. The van der Waals surface area contributed by atoms with E-state index in [0.29, 0.717) is 29.0 Å². The van der Waals surface area contributed by atoms with Gasteiger partial charge in [0.05, 0.1) is 6.10 Å². The number of aliphatic hydroxyl groups is 1. The summed E-state index contributed by atoms with van der Waals surface area (Å²) in [6.07, 6.45) is 1.02. The quantitative estimate of drug-likeness (QED) is 0.886. The Bertz CT molecular complexity index is 575. The molecule has 0 amide bonds. The Morgan fingerprint density at radius 2 is 2.00 bits per heavy atom. The molecule has 0 fully saturated rings. The van der Waals surface area contributed by atoms with Gasteiger partial charge in [-0.1, -0.05) is 43.6 Å². The average molecular weight is 292 g/mol. The van der Waals surface area contributed by atoms with E-state index >= 15 is 0 Å². The van der Waals surface area contributed by atoms with Crippen molar-refractivity contribution in [3.05, 3.63) is 52.8 Å². The molecule has 106 valence electrons. The molecule has 1 aromatic heterocycles. The zero-order valence-corrected chi connectivity index (χ0v) is 12.3. The number of benzene rings is 1. The topological polar surface area (TPSA) is 58.0 Å². The van der Waals surface area contributed by atoms with E-state index in [1.807, 2.05) is 18.2 Å². The Morgan fingerprint density at radius 1 is 1.25 bits per heavy atom. The summed E-state index contributed by atoms with van der Waals surface area (Å²) in [4.78, 5) is 8.54. The maximum Gasteiger partial charge on any atom is 0.222 e. The van der Waals surface area contributed by atoms with Crippen LogP contribution >= 0.6 is 11.6 Å². The highest BCUT2D eigenvalue weighted by atomic mass is 35.5. The van der Waals surface area contributed by atoms with E-state index in [0.717, 1.165) is 5.69 Å². The van der Waals surface area contributed by atoms with E-state index in [9.17, 15) is 5.11 Å². The molecular weight excluding hydrogens is 274 g/mol. The third-order valence-corrected chi connectivity index (χ3v) is 3.33. The molecule has 0 aliphatic rings. The molecule has 0 aliphatic carbocycles. The van der Waals surface area contributed by atoms with Crippen molar-refractivity contribution in [1.29, 1.82) is 0 Å². The molecule has 0 bridgehead atoms. The maximum absolute atomic E-state index is 10.1. The van der Waals surface area contributed by atoms with Crippen LogP contribution in [0.5, 0.6) is 0 Å². The van der Waals surface area contributed by atoms with Crippen LogP contribution in [0.25, 0.3) is 0 Å². The first-order valence-electron chi connectivity index (χ1n) is 6.57. The SMILES string of the molecule is CC(C)c1ccnc(NC[C@H](O)c2ccccc2Cl)n1. The van der Waals surface area contributed by atoms with Crippen molar-refractivity contribution in [3.63, 3.8) is 0 Å². The number of nitrogens with one attached hydrogen (secondary N) is 1. The summed E-state index contributed by atoms with van der Waals surface area (Å²) in [5.74, 6) is 0.856. The molecule has 0 saturated heterocycles. The van der Waals surface area contributed by atoms with E-state index in [4.69, 9.17) is 11.6 Å². The number of nitrogens with zero attached hydrogens (tertiary/aromatic N) is 2. The first-order chi connectivity index (χ1) is 9.58. The summed E-state index contributed by atoms with van der Waals surface area (Å²) in [7, 11) is 0. The minimum Gasteiger partial charge on any atom is -0.387 e. The van der Waals surface area contributed by atoms with Gasteiger partial charge in [0.15, 0.2) is 0 Å². The fourth-order valence-electron chi connectivity index (χ4n) is 1.82. The second-order valence-corrected chi connectivity index (χ2v) is 5.29. The van der Waals surface area contributed by atoms with E-state index in [2.05, 4.69) is 29.1 Å². The Labute approximate surface area is 123 Å². The highest BCUT2D eigenvalue weighted by Gasteiger charge is 2.11. The van der Waals surface area contributed by atoms with Crippen LogP contribution in [0, 0.1) is 0 Å². The van der Waals surface area contributed by atoms with Crippen LogP contribution < -0.4 is 5.32 Å². The summed E-state index contributed by atoms with van der Waals surface area (Å²) >= 11 is 6.05. The molecule has 1 aromatic carbocycles. The van der Waals surface area contributed by atoms with Gasteiger partial charge in [-0.15, -0.1) is 0 Å². The smallest absolute Gasteiger partial charge is 0.222 e. The highest BCUT2D eigenvalue weighted by molar-refractivity contribution is 6.31. The lowest BCUT2D eigenvalue weighted by molar-refractivity contribution is 0.191. The van der Waals surface area contributed by atoms with E-state index in [1.54, 1.807) is 18.3 Å². The fourth-order valence-corrected chi connectivity index (χ4v) is 2.08. The molecule has 0 radical (unpaired) electrons. The summed E-state index contributed by atoms with van der Waals surface area (Å²) in [5.41, 5.74) is 1.66. The van der Waals surface area contributed by atoms with Crippen LogP contribution in [0.3, 0.4) is 0 Å². The van der Waals surface area contributed by atoms with Gasteiger partial charge in [0.2, 0.25) is 5.95 Å². The summed E-state index contributed by atoms with van der Waals surface area (Å²) in [5, 5.41) is 13.7. The van der Waals surface area contributed by atoms with Crippen molar-refractivity contribution < 1.29 is 5.11 Å². The summed E-state index contributed by atoms with van der Waals surface area (Å²) in [6.45, 7) is 4.46. The van der Waals surface area contributed by atoms with E-state index in [1.165, 1.54) is 0 Å². The first-order valence-corrected chi connectivity index (χ1v) is 6.95. The molecule has 0 aliphatic heterocycles. The van der Waals surface area contributed by atoms with Crippen molar-refractivity contribution >= 4 is 17.5 Å². The summed E-state index contributed by atoms with van der Waals surface area (Å²) in [6, 6.07) is 9.14. The number of aliphatic hydroxyl groups excluding tert-OH is 1. The van der Waals surface area contributed by atoms with Gasteiger partial charge in [0.25, 0.3) is 0 Å². The normalized spacial score (nSPS) is 12.4. The van der Waals surface area contributed by atoms with Crippen LogP contribution in [0.15, 0.2) is 36.5 Å². The first kappa shape index (κ1) is 14.8. The van der Waals surface area contributed by atoms with Crippen LogP contribution in [0.1, 0.15) is 37.1 Å². The molecule has 0 unspecified atom stereocenters. The zero-order chi connectivity index (χ0) is 14.5. The van der Waals surface area contributed by atoms with Gasteiger partial charge in [-0.25, -0.2) is 9.97 Å². The standard InChI is InChI=1S/C15H18ClN3O/c1-10(2)13-7-8-17-15(19-13)18-9-14(20)11-5-3-4-6-12(11)16/h3-8,10,14,20H,9H2,1-2H3,(H,17,18,19)/t14-/m0/s1. The minimum absolute atomic E-state index is 0.311. The van der Waals surface area contributed by atoms with Crippen LogP contribution in [-0.4, -0.2) is 21.6 Å². The lowest BCUT2D eigenvalue weighted by Gasteiger charge is -2.14. The molecule has 20 heavy (non-hydrogen) atoms. The van der Waals surface area contributed by atoms with Crippen LogP contribution in [-0.2, 0) is 0 Å². The Hall–Kier alpha value is -1.65. The third-order valence-electron chi connectivity index (χ3n) is 2.99. The van der Waals surface area contributed by atoms with Crippen molar-refractivity contribution in [2.75, 3.05) is 11.9 Å². The second-order valence-electron chi connectivity index (χ2n) is 4.88. The number of hydrogen-bond donors (Lipinski definition) is 2. The van der Waals surface area contributed by atoms with Gasteiger partial charge in [0, 0.05) is 29.0 Å². The van der Waals surface area contributed by atoms with Crippen molar-refractivity contribution in [2.45, 2.75) is 25.9 Å². The Morgan fingerprint density at radius 3 is 2.70 bits per heavy atom. The number of anilines is 1. The van der Waals surface area contributed by atoms with Gasteiger partial charge >= 0.3 is 0 Å². The maximum atomic E-state index is 10.1. The molecule has 2 N–H and O–H groups in total. The van der Waals surface area contributed by atoms with E-state index in [-0.39, 0.29) is 0 Å². The zero-order valence-electron chi connectivity index (χ0n) is 11.5. The van der Waals surface area contributed by atoms with Gasteiger partial charge in [-0.3, -0.25) is 0 Å². The fraction of sp³-hybridized carbons (Fsp3) is 0.333. The van der Waals surface area contributed by atoms with Crippen LogP contribution in [0.2, 0.25) is 5.02 Å². The number of halogens is 1. The molecule has 2 aromatic rings. The van der Waals surface area contributed by atoms with E-state index < -0.39 is 6.10 Å². The van der Waals surface area contributed by atoms with Crippen molar-refractivity contribution in [1.82, 2.24) is 9.97 Å². The monoisotopic (exact) mass is 291 g/mol. The minimum atomic E-state index is -0.699. The summed E-state index contributed by atoms with van der Waals surface area (Å²) < 4.78 is 0. The van der Waals surface area contributed by atoms with Crippen molar-refractivity contribution in [3.8, 4) is 0 Å². The van der Waals surface area contributed by atoms with Crippen LogP contribution in [0.4, 0.5) is 5.95 Å². The molecule has 0 saturated carbocycles. The van der Waals surface area contributed by atoms with Gasteiger partial charge in [0.1, 0.15) is 0 Å². The molecule has 5 heteroatoms. The van der Waals surface area contributed by atoms with Gasteiger partial charge in [-0.2, -0.15) is 0 Å². The predicted octanol–water partition coefficient (Wildman–Crippen LogP) is 3.40. The molecule has 4 nitrogen and oxygen atoms in total. The number of aromatic nitrogens is 2. The Balaban J connectivity index is 2.02. The molecule has 1 atom stereocenters. The lowest BCUT2D eigenvalue weighted by atomic mass is 10.1. The molecule has 2 rings (SSSR count). The van der Waals surface area contributed by atoms with Gasteiger partial charge < -0.3 is 10.4 Å². The molecular formula is C15H18ClN3O. The highest BCUT2D eigenvalue weighted by Crippen LogP contribution is 2.22. The molecule has 1 heterocycles. The lowest BCUT2D eigenvalue weighted by Crippen LogP contribution is -2.14. The number of hydrogen-bond acceptors (Lipinski definition) is 4. The second kappa shape index (κ2) is 6.68. The van der Waals surface area contributed by atoms with Gasteiger partial charge in [-0.05, 0) is 18.1 Å². The third kappa shape index (κ3) is 3.68. The molecule has 0 spiro atoms. The number of rotatable bonds is 5. The van der Waals surface area contributed by atoms with Crippen molar-refractivity contribution in [2.24, 2.45) is 0 Å². The Kier molecular flexibility index (Phi) is 4.93. The predicted molar refractivity (Wildman–Crippen MR) is 81.0 cm³/mol.